The fourth-order valence-electron chi connectivity index (χ4n) is 1.04. The van der Waals surface area contributed by atoms with Crippen LogP contribution < -0.4 is 5.73 Å². The number of benzene rings is 1. The molecule has 0 aliphatic carbocycles. The lowest BCUT2D eigenvalue weighted by Crippen LogP contribution is -2.27. The van der Waals surface area contributed by atoms with E-state index in [0.29, 0.717) is 0 Å². The highest BCUT2D eigenvalue weighted by Gasteiger charge is 2.12. The number of non-ortho nitro benzene ring substituents is 1. The van der Waals surface area contributed by atoms with Gasteiger partial charge in [0.1, 0.15) is 5.60 Å². The van der Waals surface area contributed by atoms with Crippen molar-refractivity contribution in [1.29, 1.82) is 0 Å². The smallest absolute Gasteiger partial charge is 0.405 e. The Kier molecular flexibility index (Phi) is 5.81. The Morgan fingerprint density at radius 3 is 2.17 bits per heavy atom. The maximum absolute atomic E-state index is 10.2. The van der Waals surface area contributed by atoms with Crippen LogP contribution in [-0.4, -0.2) is 16.6 Å². The molecule has 1 aromatic rings. The third kappa shape index (κ3) is 8.09. The van der Waals surface area contributed by atoms with Gasteiger partial charge in [-0.05, 0) is 33.3 Å². The van der Waals surface area contributed by atoms with Gasteiger partial charge in [0.2, 0.25) is 0 Å². The molecule has 6 heteroatoms. The zero-order valence-electron chi connectivity index (χ0n) is 11.0. The van der Waals surface area contributed by atoms with Crippen LogP contribution in [0.5, 0.6) is 0 Å². The molecule has 0 heterocycles. The van der Waals surface area contributed by atoms with Gasteiger partial charge in [-0.15, -0.1) is 0 Å². The first-order valence-electron chi connectivity index (χ1n) is 5.31. The summed E-state index contributed by atoms with van der Waals surface area (Å²) in [6.45, 7) is 7.11. The molecule has 2 N–H and O–H groups in total. The molecule has 0 aliphatic heterocycles. The number of aryl methyl sites for hydroxylation is 1. The van der Waals surface area contributed by atoms with Crippen molar-refractivity contribution in [2.75, 3.05) is 0 Å². The van der Waals surface area contributed by atoms with Gasteiger partial charge in [0.15, 0.2) is 0 Å². The van der Waals surface area contributed by atoms with E-state index in [2.05, 4.69) is 4.74 Å². The van der Waals surface area contributed by atoms with Crippen molar-refractivity contribution in [3.05, 3.63) is 39.9 Å². The minimum absolute atomic E-state index is 0.153. The third-order valence-electron chi connectivity index (χ3n) is 1.62. The SMILES string of the molecule is CC(C)(C)OC(N)=O.Cc1cccc([N+](=O)[O-])c1. The third-order valence-corrected chi connectivity index (χ3v) is 1.62. The van der Waals surface area contributed by atoms with Gasteiger partial charge in [0.05, 0.1) is 4.92 Å². The summed E-state index contributed by atoms with van der Waals surface area (Å²) >= 11 is 0. The number of carbonyl (C=O) groups excluding carboxylic acids is 1. The molecule has 1 amide bonds. The number of hydrogen-bond acceptors (Lipinski definition) is 4. The predicted molar refractivity (Wildman–Crippen MR) is 68.3 cm³/mol. The summed E-state index contributed by atoms with van der Waals surface area (Å²) in [5, 5.41) is 10.2. The van der Waals surface area contributed by atoms with Crippen LogP contribution in [0.3, 0.4) is 0 Å². The van der Waals surface area contributed by atoms with E-state index in [0.717, 1.165) is 5.56 Å². The molecule has 0 aliphatic rings. The van der Waals surface area contributed by atoms with Crippen LogP contribution in [0, 0.1) is 17.0 Å². The van der Waals surface area contributed by atoms with Crippen LogP contribution in [0.15, 0.2) is 24.3 Å². The lowest BCUT2D eigenvalue weighted by molar-refractivity contribution is -0.384. The van der Waals surface area contributed by atoms with E-state index < -0.39 is 16.6 Å². The summed E-state index contributed by atoms with van der Waals surface area (Å²) in [5.41, 5.74) is 5.33. The van der Waals surface area contributed by atoms with Crippen LogP contribution >= 0.6 is 0 Å². The van der Waals surface area contributed by atoms with Crippen molar-refractivity contribution >= 4 is 11.8 Å². The molecule has 100 valence electrons. The van der Waals surface area contributed by atoms with E-state index in [9.17, 15) is 14.9 Å². The van der Waals surface area contributed by atoms with E-state index >= 15 is 0 Å². The molecule has 1 rings (SSSR count). The van der Waals surface area contributed by atoms with Gasteiger partial charge in [-0.2, -0.15) is 0 Å². The van der Waals surface area contributed by atoms with Gasteiger partial charge in [0.25, 0.3) is 5.69 Å². The summed E-state index contributed by atoms with van der Waals surface area (Å²) in [6, 6.07) is 6.52. The summed E-state index contributed by atoms with van der Waals surface area (Å²) < 4.78 is 4.58. The van der Waals surface area contributed by atoms with Crippen molar-refractivity contribution in [2.24, 2.45) is 5.73 Å². The zero-order chi connectivity index (χ0) is 14.3. The molecule has 6 nitrogen and oxygen atoms in total. The number of rotatable bonds is 1. The Balaban J connectivity index is 0.000000331. The number of nitrogens with two attached hydrogens (primary N) is 1. The molecule has 0 atom stereocenters. The van der Waals surface area contributed by atoms with Crippen LogP contribution in [-0.2, 0) is 4.74 Å². The molecule has 0 radical (unpaired) electrons. The van der Waals surface area contributed by atoms with Crippen LogP contribution in [0.2, 0.25) is 0 Å². The van der Waals surface area contributed by atoms with Crippen LogP contribution in [0.1, 0.15) is 26.3 Å². The van der Waals surface area contributed by atoms with Crippen molar-refractivity contribution in [2.45, 2.75) is 33.3 Å². The van der Waals surface area contributed by atoms with E-state index in [4.69, 9.17) is 5.73 Å². The van der Waals surface area contributed by atoms with Crippen LogP contribution in [0.4, 0.5) is 10.5 Å². The highest BCUT2D eigenvalue weighted by molar-refractivity contribution is 5.65. The molecule has 0 spiro atoms. The fourth-order valence-corrected chi connectivity index (χ4v) is 1.04. The van der Waals surface area contributed by atoms with Gasteiger partial charge < -0.3 is 10.5 Å². The number of ether oxygens (including phenoxy) is 1. The Labute approximate surface area is 106 Å². The summed E-state index contributed by atoms with van der Waals surface area (Å²) in [4.78, 5) is 19.8. The quantitative estimate of drug-likeness (QED) is 0.615. The van der Waals surface area contributed by atoms with Crippen molar-refractivity contribution in [3.8, 4) is 0 Å². The monoisotopic (exact) mass is 254 g/mol. The molecule has 0 unspecified atom stereocenters. The molecule has 1 aromatic carbocycles. The fraction of sp³-hybridized carbons (Fsp3) is 0.417. The van der Waals surface area contributed by atoms with Crippen LogP contribution in [0.25, 0.3) is 0 Å². The second kappa shape index (κ2) is 6.58. The Bertz CT molecular complexity index is 424. The average Bonchev–Trinajstić information content (AvgIpc) is 2.14. The summed E-state index contributed by atoms with van der Waals surface area (Å²) in [7, 11) is 0. The number of amides is 1. The number of carbonyl (C=O) groups is 1. The highest BCUT2D eigenvalue weighted by atomic mass is 16.6. The minimum Gasteiger partial charge on any atom is -0.444 e. The van der Waals surface area contributed by atoms with E-state index in [1.807, 2.05) is 13.0 Å². The molecule has 0 saturated heterocycles. The molecule has 0 fully saturated rings. The second-order valence-electron chi connectivity index (χ2n) is 4.63. The minimum atomic E-state index is -0.725. The van der Waals surface area contributed by atoms with Crippen molar-refractivity contribution < 1.29 is 14.5 Å². The molecule has 18 heavy (non-hydrogen) atoms. The first-order chi connectivity index (χ1) is 8.11. The first-order valence-corrected chi connectivity index (χ1v) is 5.31. The van der Waals surface area contributed by atoms with Gasteiger partial charge in [-0.1, -0.05) is 12.1 Å². The normalized spacial score (nSPS) is 10.0. The molecule has 0 bridgehead atoms. The number of primary amides is 1. The largest absolute Gasteiger partial charge is 0.444 e. The van der Waals surface area contributed by atoms with Crippen molar-refractivity contribution in [1.82, 2.24) is 0 Å². The van der Waals surface area contributed by atoms with Gasteiger partial charge in [-0.3, -0.25) is 10.1 Å². The molecular formula is C12H18N2O4. The summed E-state index contributed by atoms with van der Waals surface area (Å²) in [5.74, 6) is 0. The van der Waals surface area contributed by atoms with Crippen molar-refractivity contribution in [3.63, 3.8) is 0 Å². The number of nitro benzene ring substituents is 1. The van der Waals surface area contributed by atoms with E-state index in [1.54, 1.807) is 32.9 Å². The highest BCUT2D eigenvalue weighted by Crippen LogP contribution is 2.11. The predicted octanol–water partition coefficient (Wildman–Crippen LogP) is 2.78. The molecule has 0 saturated carbocycles. The average molecular weight is 254 g/mol. The second-order valence-corrected chi connectivity index (χ2v) is 4.63. The molecule has 0 aromatic heterocycles. The Morgan fingerprint density at radius 2 is 1.94 bits per heavy atom. The van der Waals surface area contributed by atoms with Gasteiger partial charge >= 0.3 is 6.09 Å². The lowest BCUT2D eigenvalue weighted by Gasteiger charge is -2.16. The standard InChI is InChI=1S/C7H7NO2.C5H11NO2/c1-6-3-2-4-7(5-6)8(9)10;1-5(2,3)8-4(6)7/h2-5H,1H3;1-3H3,(H2,6,7). The zero-order valence-corrected chi connectivity index (χ0v) is 11.0. The Hall–Kier alpha value is -2.11. The Morgan fingerprint density at radius 1 is 1.39 bits per heavy atom. The number of nitrogens with zero attached hydrogens (tertiary/aromatic N) is 1. The van der Waals surface area contributed by atoms with E-state index in [1.165, 1.54) is 6.07 Å². The first kappa shape index (κ1) is 15.9. The van der Waals surface area contributed by atoms with Gasteiger partial charge in [0, 0.05) is 12.1 Å². The maximum Gasteiger partial charge on any atom is 0.405 e. The molecular weight excluding hydrogens is 236 g/mol. The topological polar surface area (TPSA) is 95.5 Å². The maximum atomic E-state index is 10.2. The number of nitro groups is 1. The lowest BCUT2D eigenvalue weighted by atomic mass is 10.2. The number of hydrogen-bond donors (Lipinski definition) is 1. The van der Waals surface area contributed by atoms with Gasteiger partial charge in [-0.25, -0.2) is 4.79 Å². The summed E-state index contributed by atoms with van der Waals surface area (Å²) in [6.07, 6.45) is -0.725. The van der Waals surface area contributed by atoms with E-state index in [-0.39, 0.29) is 5.69 Å².